The number of piperidine rings is 1. The predicted molar refractivity (Wildman–Crippen MR) is 125 cm³/mol. The van der Waals surface area contributed by atoms with Crippen LogP contribution in [-0.2, 0) is 26.2 Å². The van der Waals surface area contributed by atoms with Crippen LogP contribution in [0.15, 0.2) is 52.3 Å². The van der Waals surface area contributed by atoms with E-state index < -0.39 is 10.0 Å². The van der Waals surface area contributed by atoms with E-state index in [0.717, 1.165) is 10.5 Å². The number of hydrogen-bond donors (Lipinski definition) is 2. The summed E-state index contributed by atoms with van der Waals surface area (Å²) in [6.07, 6.45) is 0.918. The van der Waals surface area contributed by atoms with Gasteiger partial charge in [-0.3, -0.25) is 9.59 Å². The Kier molecular flexibility index (Phi) is 6.80. The second kappa shape index (κ2) is 9.43. The van der Waals surface area contributed by atoms with Crippen molar-refractivity contribution < 1.29 is 18.0 Å². The van der Waals surface area contributed by atoms with Gasteiger partial charge < -0.3 is 10.6 Å². The van der Waals surface area contributed by atoms with Gasteiger partial charge in [-0.1, -0.05) is 23.7 Å². The summed E-state index contributed by atoms with van der Waals surface area (Å²) in [5, 5.41) is 6.13. The molecule has 2 aromatic carbocycles. The molecule has 0 radical (unpaired) electrons. The molecule has 0 aliphatic carbocycles. The fraction of sp³-hybridized carbons (Fsp3) is 0.364. The number of thioether (sulfide) groups is 1. The van der Waals surface area contributed by atoms with E-state index in [1.54, 1.807) is 24.3 Å². The SMILES string of the molecule is C[C@@H]1Sc2ccc(S(=O)(=O)N3CCC(C(=O)NCc4ccc(Cl)cc4)CC3)cc2NC1=O. The van der Waals surface area contributed by atoms with E-state index in [1.165, 1.54) is 22.1 Å². The standard InChI is InChI=1S/C22H24ClN3O4S2/c1-14-21(27)25-19-12-18(6-7-20(19)31-14)32(29,30)26-10-8-16(9-11-26)22(28)24-13-15-2-4-17(23)5-3-15/h2-7,12,14,16H,8-11,13H2,1H3,(H,24,28)(H,25,27)/t14-/m0/s1. The first-order valence-electron chi connectivity index (χ1n) is 10.4. The molecule has 7 nitrogen and oxygen atoms in total. The molecule has 1 saturated heterocycles. The molecular weight excluding hydrogens is 470 g/mol. The number of halogens is 1. The van der Waals surface area contributed by atoms with Gasteiger partial charge in [0.05, 0.1) is 15.8 Å². The van der Waals surface area contributed by atoms with Crippen LogP contribution < -0.4 is 10.6 Å². The number of rotatable bonds is 5. The third-order valence-corrected chi connectivity index (χ3v) is 9.05. The second-order valence-corrected chi connectivity index (χ2v) is 11.7. The Morgan fingerprint density at radius 2 is 1.88 bits per heavy atom. The molecule has 2 aliphatic heterocycles. The van der Waals surface area contributed by atoms with Crippen LogP contribution in [0.5, 0.6) is 0 Å². The van der Waals surface area contributed by atoms with E-state index in [9.17, 15) is 18.0 Å². The summed E-state index contributed by atoms with van der Waals surface area (Å²) in [4.78, 5) is 25.5. The van der Waals surface area contributed by atoms with Gasteiger partial charge in [0.15, 0.2) is 0 Å². The van der Waals surface area contributed by atoms with Crippen molar-refractivity contribution in [3.8, 4) is 0 Å². The Hall–Kier alpha value is -2.07. The Balaban J connectivity index is 1.36. The summed E-state index contributed by atoms with van der Waals surface area (Å²) >= 11 is 7.29. The van der Waals surface area contributed by atoms with Crippen LogP contribution in [0.25, 0.3) is 0 Å². The molecule has 1 atom stereocenters. The van der Waals surface area contributed by atoms with E-state index >= 15 is 0 Å². The predicted octanol–water partition coefficient (Wildman–Crippen LogP) is 3.49. The lowest BCUT2D eigenvalue weighted by atomic mass is 9.97. The van der Waals surface area contributed by atoms with E-state index in [4.69, 9.17) is 11.6 Å². The third kappa shape index (κ3) is 4.96. The first kappa shape index (κ1) is 23.1. The third-order valence-electron chi connectivity index (χ3n) is 5.72. The van der Waals surface area contributed by atoms with Crippen molar-refractivity contribution in [3.05, 3.63) is 53.1 Å². The van der Waals surface area contributed by atoms with E-state index in [0.29, 0.717) is 30.1 Å². The Labute approximate surface area is 196 Å². The van der Waals surface area contributed by atoms with Crippen molar-refractivity contribution in [2.45, 2.75) is 41.4 Å². The van der Waals surface area contributed by atoms with Gasteiger partial charge in [-0.15, -0.1) is 11.8 Å². The highest BCUT2D eigenvalue weighted by Gasteiger charge is 2.33. The lowest BCUT2D eigenvalue weighted by Crippen LogP contribution is -2.42. The summed E-state index contributed by atoms with van der Waals surface area (Å²) in [5.41, 5.74) is 1.48. The van der Waals surface area contributed by atoms with Crippen LogP contribution >= 0.6 is 23.4 Å². The number of amides is 2. The molecule has 0 bridgehead atoms. The van der Waals surface area contributed by atoms with Gasteiger partial charge >= 0.3 is 0 Å². The maximum Gasteiger partial charge on any atom is 0.243 e. The molecule has 2 N–H and O–H groups in total. The van der Waals surface area contributed by atoms with Gasteiger partial charge in [-0.25, -0.2) is 8.42 Å². The molecule has 2 aromatic rings. The van der Waals surface area contributed by atoms with Gasteiger partial charge in [0.25, 0.3) is 0 Å². The van der Waals surface area contributed by atoms with E-state index in [1.807, 2.05) is 19.1 Å². The number of hydrogen-bond acceptors (Lipinski definition) is 5. The number of nitrogens with one attached hydrogen (secondary N) is 2. The molecule has 0 spiro atoms. The molecular formula is C22H24ClN3O4S2. The van der Waals surface area contributed by atoms with E-state index in [2.05, 4.69) is 10.6 Å². The second-order valence-electron chi connectivity index (χ2n) is 7.93. The highest BCUT2D eigenvalue weighted by molar-refractivity contribution is 8.01. The summed E-state index contributed by atoms with van der Waals surface area (Å²) in [6, 6.07) is 12.1. The lowest BCUT2D eigenvalue weighted by Gasteiger charge is -2.31. The molecule has 0 aromatic heterocycles. The smallest absolute Gasteiger partial charge is 0.243 e. The Bertz CT molecular complexity index is 1130. The van der Waals surface area contributed by atoms with Crippen LogP contribution in [0.3, 0.4) is 0 Å². The van der Waals surface area contributed by atoms with Crippen LogP contribution in [0.4, 0.5) is 5.69 Å². The van der Waals surface area contributed by atoms with Gasteiger partial charge in [0.2, 0.25) is 21.8 Å². The highest BCUT2D eigenvalue weighted by Crippen LogP contribution is 2.37. The van der Waals surface area contributed by atoms with Crippen molar-refractivity contribution in [1.29, 1.82) is 0 Å². The molecule has 2 aliphatic rings. The van der Waals surface area contributed by atoms with Crippen molar-refractivity contribution in [1.82, 2.24) is 9.62 Å². The zero-order valence-corrected chi connectivity index (χ0v) is 19.9. The summed E-state index contributed by atoms with van der Waals surface area (Å²) < 4.78 is 27.7. The first-order valence-corrected chi connectivity index (χ1v) is 13.1. The molecule has 1 fully saturated rings. The minimum absolute atomic E-state index is 0.0698. The maximum atomic E-state index is 13.1. The number of anilines is 1. The highest BCUT2D eigenvalue weighted by atomic mass is 35.5. The summed E-state index contributed by atoms with van der Waals surface area (Å²) in [5.74, 6) is -0.434. The monoisotopic (exact) mass is 493 g/mol. The summed E-state index contributed by atoms with van der Waals surface area (Å²) in [6.45, 7) is 2.77. The topological polar surface area (TPSA) is 95.6 Å². The Morgan fingerprint density at radius 1 is 1.19 bits per heavy atom. The first-order chi connectivity index (χ1) is 15.2. The molecule has 170 valence electrons. The van der Waals surface area contributed by atoms with Crippen LogP contribution in [0, 0.1) is 5.92 Å². The van der Waals surface area contributed by atoms with Gasteiger partial charge in [0.1, 0.15) is 0 Å². The fourth-order valence-electron chi connectivity index (χ4n) is 3.79. The van der Waals surface area contributed by atoms with Crippen LogP contribution in [-0.4, -0.2) is 42.9 Å². The van der Waals surface area contributed by atoms with Crippen molar-refractivity contribution in [3.63, 3.8) is 0 Å². The molecule has 2 amide bonds. The quantitative estimate of drug-likeness (QED) is 0.664. The summed E-state index contributed by atoms with van der Waals surface area (Å²) in [7, 11) is -3.71. The maximum absolute atomic E-state index is 13.1. The van der Waals surface area contributed by atoms with Crippen molar-refractivity contribution >= 4 is 50.9 Å². The minimum atomic E-state index is -3.71. The number of nitrogens with zero attached hydrogens (tertiary/aromatic N) is 1. The number of carbonyl (C=O) groups excluding carboxylic acids is 2. The van der Waals surface area contributed by atoms with Gasteiger partial charge in [0, 0.05) is 35.5 Å². The molecule has 32 heavy (non-hydrogen) atoms. The molecule has 4 rings (SSSR count). The molecule has 10 heteroatoms. The van der Waals surface area contributed by atoms with Crippen LogP contribution in [0.1, 0.15) is 25.3 Å². The van der Waals surface area contributed by atoms with E-state index in [-0.39, 0.29) is 41.0 Å². The van der Waals surface area contributed by atoms with Crippen molar-refractivity contribution in [2.24, 2.45) is 5.92 Å². The molecule has 2 heterocycles. The normalized spacial score (nSPS) is 19.8. The van der Waals surface area contributed by atoms with Gasteiger partial charge in [-0.05, 0) is 55.7 Å². The average Bonchev–Trinajstić information content (AvgIpc) is 2.79. The van der Waals surface area contributed by atoms with Crippen molar-refractivity contribution in [2.75, 3.05) is 18.4 Å². The van der Waals surface area contributed by atoms with Crippen LogP contribution in [0.2, 0.25) is 5.02 Å². The molecule has 0 saturated carbocycles. The number of carbonyl (C=O) groups is 2. The average molecular weight is 494 g/mol. The Morgan fingerprint density at radius 3 is 2.56 bits per heavy atom. The number of benzene rings is 2. The minimum Gasteiger partial charge on any atom is -0.352 e. The zero-order chi connectivity index (χ0) is 22.9. The number of sulfonamides is 1. The van der Waals surface area contributed by atoms with Gasteiger partial charge in [-0.2, -0.15) is 4.31 Å². The largest absolute Gasteiger partial charge is 0.352 e. The zero-order valence-electron chi connectivity index (χ0n) is 17.5. The molecule has 0 unspecified atom stereocenters. The number of fused-ring (bicyclic) bond motifs is 1. The lowest BCUT2D eigenvalue weighted by molar-refractivity contribution is -0.126. The fourth-order valence-corrected chi connectivity index (χ4v) is 6.34.